The standard InChI is InChI=1S/C18H31N3/c1-18(2,3)20-12-11-19-17-10-7-13-21(15-17)14-16-8-5-4-6-9-16/h4-6,8-9,17,19-20H,7,10-15H2,1-3H3. The summed E-state index contributed by atoms with van der Waals surface area (Å²) in [5, 5.41) is 7.24. The number of benzene rings is 1. The summed E-state index contributed by atoms with van der Waals surface area (Å²) in [5.74, 6) is 0. The molecule has 2 N–H and O–H groups in total. The molecule has 1 aromatic carbocycles. The van der Waals surface area contributed by atoms with Crippen LogP contribution in [-0.2, 0) is 6.54 Å². The zero-order valence-corrected chi connectivity index (χ0v) is 13.9. The first-order valence-electron chi connectivity index (χ1n) is 8.28. The van der Waals surface area contributed by atoms with Gasteiger partial charge in [0.05, 0.1) is 0 Å². The van der Waals surface area contributed by atoms with E-state index in [0.29, 0.717) is 6.04 Å². The molecule has 0 spiro atoms. The molecule has 0 amide bonds. The second-order valence-corrected chi connectivity index (χ2v) is 7.19. The monoisotopic (exact) mass is 289 g/mol. The first-order chi connectivity index (χ1) is 10.0. The molecule has 1 aromatic rings. The van der Waals surface area contributed by atoms with Crippen LogP contribution in [0, 0.1) is 0 Å². The molecule has 118 valence electrons. The first kappa shape index (κ1) is 16.5. The second kappa shape index (κ2) is 7.92. The first-order valence-corrected chi connectivity index (χ1v) is 8.28. The van der Waals surface area contributed by atoms with Gasteiger partial charge in [-0.15, -0.1) is 0 Å². The van der Waals surface area contributed by atoms with Gasteiger partial charge in [0.25, 0.3) is 0 Å². The van der Waals surface area contributed by atoms with Crippen molar-refractivity contribution in [2.45, 2.75) is 51.7 Å². The number of hydrogen-bond donors (Lipinski definition) is 2. The van der Waals surface area contributed by atoms with E-state index in [1.165, 1.54) is 31.5 Å². The molecule has 1 unspecified atom stereocenters. The zero-order chi connectivity index (χ0) is 15.1. The van der Waals surface area contributed by atoms with Gasteiger partial charge in [-0.3, -0.25) is 4.90 Å². The SMILES string of the molecule is CC(C)(C)NCCNC1CCCN(Cc2ccccc2)C1. The average molecular weight is 289 g/mol. The Balaban J connectivity index is 1.69. The Morgan fingerprint density at radius 2 is 1.90 bits per heavy atom. The highest BCUT2D eigenvalue weighted by Gasteiger charge is 2.19. The van der Waals surface area contributed by atoms with Crippen LogP contribution in [0.25, 0.3) is 0 Å². The Bertz CT molecular complexity index is 397. The van der Waals surface area contributed by atoms with Crippen LogP contribution in [-0.4, -0.2) is 42.7 Å². The molecule has 1 aliphatic heterocycles. The average Bonchev–Trinajstić information content (AvgIpc) is 2.44. The number of rotatable bonds is 6. The summed E-state index contributed by atoms with van der Waals surface area (Å²) in [5.41, 5.74) is 1.64. The summed E-state index contributed by atoms with van der Waals surface area (Å²) < 4.78 is 0. The Labute approximate surface area is 130 Å². The van der Waals surface area contributed by atoms with Gasteiger partial charge in [-0.25, -0.2) is 0 Å². The molecular formula is C18H31N3. The molecule has 0 aliphatic carbocycles. The highest BCUT2D eigenvalue weighted by Crippen LogP contribution is 2.13. The molecule has 0 radical (unpaired) electrons. The van der Waals surface area contributed by atoms with Crippen LogP contribution in [0.2, 0.25) is 0 Å². The largest absolute Gasteiger partial charge is 0.311 e. The molecular weight excluding hydrogens is 258 g/mol. The second-order valence-electron chi connectivity index (χ2n) is 7.19. The van der Waals surface area contributed by atoms with Crippen LogP contribution in [0.3, 0.4) is 0 Å². The maximum Gasteiger partial charge on any atom is 0.0234 e. The molecule has 3 nitrogen and oxygen atoms in total. The van der Waals surface area contributed by atoms with E-state index >= 15 is 0 Å². The van der Waals surface area contributed by atoms with E-state index in [4.69, 9.17) is 0 Å². The van der Waals surface area contributed by atoms with Crippen LogP contribution in [0.1, 0.15) is 39.2 Å². The lowest BCUT2D eigenvalue weighted by atomic mass is 10.0. The Kier molecular flexibility index (Phi) is 6.22. The van der Waals surface area contributed by atoms with Gasteiger partial charge in [0, 0.05) is 37.8 Å². The summed E-state index contributed by atoms with van der Waals surface area (Å²) in [6.45, 7) is 12.2. The van der Waals surface area contributed by atoms with E-state index < -0.39 is 0 Å². The van der Waals surface area contributed by atoms with Crippen molar-refractivity contribution in [3.63, 3.8) is 0 Å². The Morgan fingerprint density at radius 1 is 1.14 bits per heavy atom. The fourth-order valence-corrected chi connectivity index (χ4v) is 2.92. The van der Waals surface area contributed by atoms with Gasteiger partial charge < -0.3 is 10.6 Å². The number of likely N-dealkylation sites (tertiary alicyclic amines) is 1. The van der Waals surface area contributed by atoms with Crippen LogP contribution in [0.15, 0.2) is 30.3 Å². The molecule has 1 fully saturated rings. The van der Waals surface area contributed by atoms with Gasteiger partial charge >= 0.3 is 0 Å². The number of hydrogen-bond acceptors (Lipinski definition) is 3. The number of nitrogens with one attached hydrogen (secondary N) is 2. The topological polar surface area (TPSA) is 27.3 Å². The Morgan fingerprint density at radius 3 is 2.62 bits per heavy atom. The van der Waals surface area contributed by atoms with Gasteiger partial charge in [0.15, 0.2) is 0 Å². The maximum atomic E-state index is 3.71. The lowest BCUT2D eigenvalue weighted by Gasteiger charge is -2.33. The highest BCUT2D eigenvalue weighted by molar-refractivity contribution is 5.14. The molecule has 1 saturated heterocycles. The van der Waals surface area contributed by atoms with Crippen LogP contribution in [0.5, 0.6) is 0 Å². The van der Waals surface area contributed by atoms with Crippen molar-refractivity contribution in [2.75, 3.05) is 26.2 Å². The molecule has 1 atom stereocenters. The molecule has 2 rings (SSSR count). The van der Waals surface area contributed by atoms with Gasteiger partial charge in [-0.1, -0.05) is 30.3 Å². The molecule has 1 aliphatic rings. The molecule has 0 bridgehead atoms. The predicted molar refractivity (Wildman–Crippen MR) is 90.5 cm³/mol. The molecule has 3 heteroatoms. The summed E-state index contributed by atoms with van der Waals surface area (Å²) in [4.78, 5) is 2.58. The van der Waals surface area contributed by atoms with Crippen LogP contribution < -0.4 is 10.6 Å². The van der Waals surface area contributed by atoms with Crippen molar-refractivity contribution in [1.82, 2.24) is 15.5 Å². The highest BCUT2D eigenvalue weighted by atomic mass is 15.2. The third-order valence-corrected chi connectivity index (χ3v) is 3.97. The van der Waals surface area contributed by atoms with Gasteiger partial charge in [0.1, 0.15) is 0 Å². The summed E-state index contributed by atoms with van der Waals surface area (Å²) in [6, 6.07) is 11.4. The van der Waals surface area contributed by atoms with E-state index in [0.717, 1.165) is 19.6 Å². The van der Waals surface area contributed by atoms with Crippen molar-refractivity contribution in [3.8, 4) is 0 Å². The lowest BCUT2D eigenvalue weighted by Crippen LogP contribution is -2.48. The van der Waals surface area contributed by atoms with Crippen LogP contribution in [0.4, 0.5) is 0 Å². The minimum atomic E-state index is 0.216. The predicted octanol–water partition coefficient (Wildman–Crippen LogP) is 2.63. The van der Waals surface area contributed by atoms with E-state index in [9.17, 15) is 0 Å². The fourth-order valence-electron chi connectivity index (χ4n) is 2.92. The van der Waals surface area contributed by atoms with E-state index in [-0.39, 0.29) is 5.54 Å². The number of nitrogens with zero attached hydrogens (tertiary/aromatic N) is 1. The van der Waals surface area contributed by atoms with E-state index in [2.05, 4.69) is 66.6 Å². The Hall–Kier alpha value is -0.900. The normalized spacial score (nSPS) is 20.6. The molecule has 21 heavy (non-hydrogen) atoms. The quantitative estimate of drug-likeness (QED) is 0.788. The van der Waals surface area contributed by atoms with E-state index in [1.54, 1.807) is 0 Å². The van der Waals surface area contributed by atoms with Crippen molar-refractivity contribution < 1.29 is 0 Å². The van der Waals surface area contributed by atoms with Crippen molar-refractivity contribution in [2.24, 2.45) is 0 Å². The van der Waals surface area contributed by atoms with Crippen LogP contribution >= 0.6 is 0 Å². The van der Waals surface area contributed by atoms with Crippen molar-refractivity contribution >= 4 is 0 Å². The van der Waals surface area contributed by atoms with E-state index in [1.807, 2.05) is 0 Å². The third-order valence-electron chi connectivity index (χ3n) is 3.97. The number of piperidine rings is 1. The van der Waals surface area contributed by atoms with Gasteiger partial charge in [0.2, 0.25) is 0 Å². The minimum Gasteiger partial charge on any atom is -0.311 e. The smallest absolute Gasteiger partial charge is 0.0234 e. The van der Waals surface area contributed by atoms with Crippen molar-refractivity contribution in [1.29, 1.82) is 0 Å². The summed E-state index contributed by atoms with van der Waals surface area (Å²) >= 11 is 0. The molecule has 0 aromatic heterocycles. The van der Waals surface area contributed by atoms with Gasteiger partial charge in [-0.2, -0.15) is 0 Å². The zero-order valence-electron chi connectivity index (χ0n) is 13.9. The minimum absolute atomic E-state index is 0.216. The third kappa shape index (κ3) is 6.60. The van der Waals surface area contributed by atoms with Gasteiger partial charge in [-0.05, 0) is 45.7 Å². The maximum absolute atomic E-state index is 3.71. The molecule has 1 heterocycles. The molecule has 0 saturated carbocycles. The fraction of sp³-hybridized carbons (Fsp3) is 0.667. The summed E-state index contributed by atoms with van der Waals surface area (Å²) in [7, 11) is 0. The van der Waals surface area contributed by atoms with Crippen molar-refractivity contribution in [3.05, 3.63) is 35.9 Å². The summed E-state index contributed by atoms with van der Waals surface area (Å²) in [6.07, 6.45) is 2.61. The lowest BCUT2D eigenvalue weighted by molar-refractivity contribution is 0.183.